The maximum absolute atomic E-state index is 13.2. The highest BCUT2D eigenvalue weighted by molar-refractivity contribution is 5.95. The van der Waals surface area contributed by atoms with Gasteiger partial charge < -0.3 is 9.88 Å². The van der Waals surface area contributed by atoms with Gasteiger partial charge in [0, 0.05) is 61.1 Å². The second kappa shape index (κ2) is 7.29. The van der Waals surface area contributed by atoms with Crippen molar-refractivity contribution in [3.63, 3.8) is 0 Å². The first kappa shape index (κ1) is 20.4. The molecule has 0 spiro atoms. The van der Waals surface area contributed by atoms with Crippen LogP contribution in [0.4, 0.5) is 14.6 Å². The minimum absolute atomic E-state index is 0.00474. The number of nitrogens with one attached hydrogen (secondary N) is 1. The molecule has 1 saturated carbocycles. The van der Waals surface area contributed by atoms with Gasteiger partial charge >= 0.3 is 0 Å². The lowest BCUT2D eigenvalue weighted by molar-refractivity contribution is -0.121. The van der Waals surface area contributed by atoms with Crippen LogP contribution in [-0.2, 0) is 11.3 Å². The van der Waals surface area contributed by atoms with Crippen LogP contribution in [0.1, 0.15) is 35.8 Å². The summed E-state index contributed by atoms with van der Waals surface area (Å²) in [7, 11) is 0. The van der Waals surface area contributed by atoms with Crippen LogP contribution < -0.4 is 10.8 Å². The van der Waals surface area contributed by atoms with Crippen LogP contribution in [-0.4, -0.2) is 38.7 Å². The van der Waals surface area contributed by atoms with Crippen molar-refractivity contribution in [3.8, 4) is 22.4 Å². The number of halogens is 2. The molecule has 0 radical (unpaired) electrons. The Balaban J connectivity index is 1.60. The minimum Gasteiger partial charge on any atom is -0.369 e. The Kier molecular flexibility index (Phi) is 4.65. The molecular weight excluding hydrogens is 416 g/mol. The van der Waals surface area contributed by atoms with Crippen molar-refractivity contribution in [2.24, 2.45) is 10.9 Å². The molecule has 1 N–H and O–H groups in total. The average Bonchev–Trinajstić information content (AvgIpc) is 3.18. The molecule has 0 saturated heterocycles. The monoisotopic (exact) mass is 437 g/mol. The van der Waals surface area contributed by atoms with E-state index in [1.54, 1.807) is 31.5 Å². The van der Waals surface area contributed by atoms with E-state index in [-0.39, 0.29) is 11.3 Å². The molecule has 5 rings (SSSR count). The maximum atomic E-state index is 13.2. The van der Waals surface area contributed by atoms with Crippen LogP contribution in [0.2, 0.25) is 0 Å². The Morgan fingerprint density at radius 3 is 2.69 bits per heavy atom. The number of aryl methyl sites for hydroxylation is 1. The standard InChI is InChI=1S/C23H21F2N5O2/c1-3-19(31)17-6-12(2)15(11-27-17)14-7-13-10-28-20(29-22(32)16-9-23(16,24)25)8-18(13)30-5-4-26-21(14)30/h6-8,10-11,16,26H,3-5,9H2,1-2H3. The Labute approximate surface area is 182 Å². The molecule has 1 aliphatic carbocycles. The molecule has 1 amide bonds. The first-order chi connectivity index (χ1) is 15.3. The molecule has 1 fully saturated rings. The SMILES string of the molecule is CCC(=O)c1cc(C)c(-c2cc3cnc(=NC(=O)C4CC4(F)F)cc-3n3c2NCC3)cn1. The predicted octanol–water partition coefficient (Wildman–Crippen LogP) is 3.46. The zero-order valence-corrected chi connectivity index (χ0v) is 17.7. The Morgan fingerprint density at radius 2 is 2.00 bits per heavy atom. The molecule has 0 aromatic carbocycles. The molecule has 32 heavy (non-hydrogen) atoms. The largest absolute Gasteiger partial charge is 0.369 e. The van der Waals surface area contributed by atoms with Crippen molar-refractivity contribution >= 4 is 17.5 Å². The third-order valence-corrected chi connectivity index (χ3v) is 6.00. The number of carbonyl (C=O) groups excluding carboxylic acids is 2. The van der Waals surface area contributed by atoms with Gasteiger partial charge in [0.15, 0.2) is 11.3 Å². The normalized spacial score (nSPS) is 19.0. The van der Waals surface area contributed by atoms with Crippen LogP contribution in [0, 0.1) is 12.8 Å². The molecule has 4 heterocycles. The third kappa shape index (κ3) is 3.37. The molecule has 1 atom stereocenters. The van der Waals surface area contributed by atoms with Crippen LogP contribution in [0.15, 0.2) is 35.6 Å². The summed E-state index contributed by atoms with van der Waals surface area (Å²) < 4.78 is 28.4. The molecule has 3 aliphatic heterocycles. The predicted molar refractivity (Wildman–Crippen MR) is 114 cm³/mol. The topological polar surface area (TPSA) is 89.2 Å². The number of aromatic nitrogens is 3. The zero-order chi connectivity index (χ0) is 22.6. The summed E-state index contributed by atoms with van der Waals surface area (Å²) in [5, 5.41) is 3.39. The molecule has 0 bridgehead atoms. The molecule has 9 heteroatoms. The number of rotatable bonds is 4. The van der Waals surface area contributed by atoms with Crippen molar-refractivity contribution in [1.82, 2.24) is 14.5 Å². The van der Waals surface area contributed by atoms with Crippen molar-refractivity contribution in [2.45, 2.75) is 39.2 Å². The quantitative estimate of drug-likeness (QED) is 0.632. The lowest BCUT2D eigenvalue weighted by Crippen LogP contribution is -2.16. The Hall–Kier alpha value is -3.49. The van der Waals surface area contributed by atoms with Gasteiger partial charge in [0.1, 0.15) is 17.4 Å². The molecule has 1 unspecified atom stereocenters. The molecule has 4 aliphatic rings. The number of hydrogen-bond donors (Lipinski definition) is 1. The van der Waals surface area contributed by atoms with E-state index in [0.29, 0.717) is 25.2 Å². The summed E-state index contributed by atoms with van der Waals surface area (Å²) in [6, 6.07) is 5.43. The summed E-state index contributed by atoms with van der Waals surface area (Å²) in [6.45, 7) is 5.16. The van der Waals surface area contributed by atoms with Crippen LogP contribution in [0.25, 0.3) is 22.4 Å². The summed E-state index contributed by atoms with van der Waals surface area (Å²) in [6.07, 6.45) is 3.26. The second-order valence-electron chi connectivity index (χ2n) is 8.22. The first-order valence-electron chi connectivity index (χ1n) is 10.5. The van der Waals surface area contributed by atoms with Gasteiger partial charge in [0.25, 0.3) is 11.8 Å². The Morgan fingerprint density at radius 1 is 1.22 bits per heavy atom. The van der Waals surface area contributed by atoms with E-state index >= 15 is 0 Å². The van der Waals surface area contributed by atoms with Crippen LogP contribution in [0.3, 0.4) is 0 Å². The fourth-order valence-corrected chi connectivity index (χ4v) is 4.10. The number of amides is 1. The summed E-state index contributed by atoms with van der Waals surface area (Å²) in [4.78, 5) is 36.4. The van der Waals surface area contributed by atoms with Crippen molar-refractivity contribution in [2.75, 3.05) is 11.9 Å². The van der Waals surface area contributed by atoms with Crippen LogP contribution >= 0.6 is 0 Å². The lowest BCUT2D eigenvalue weighted by Gasteiger charge is -2.19. The van der Waals surface area contributed by atoms with Gasteiger partial charge in [-0.1, -0.05) is 6.92 Å². The smallest absolute Gasteiger partial charge is 0.260 e. The number of Topliss-reactive ketones (excluding diaryl/α,β-unsaturated/α-hetero) is 1. The minimum atomic E-state index is -2.95. The summed E-state index contributed by atoms with van der Waals surface area (Å²) in [5.41, 5.74) is 4.96. The highest BCUT2D eigenvalue weighted by atomic mass is 19.3. The van der Waals surface area contributed by atoms with E-state index in [9.17, 15) is 18.4 Å². The summed E-state index contributed by atoms with van der Waals surface area (Å²) in [5.74, 6) is -4.23. The van der Waals surface area contributed by atoms with Crippen molar-refractivity contribution in [3.05, 3.63) is 47.3 Å². The van der Waals surface area contributed by atoms with Gasteiger partial charge in [-0.3, -0.25) is 14.6 Å². The van der Waals surface area contributed by atoms with E-state index in [2.05, 4.69) is 24.8 Å². The fraction of sp³-hybridized carbons (Fsp3) is 0.348. The van der Waals surface area contributed by atoms with E-state index < -0.39 is 24.2 Å². The number of carbonyl (C=O) groups is 2. The van der Waals surface area contributed by atoms with E-state index in [4.69, 9.17) is 0 Å². The number of pyridine rings is 3. The number of fused-ring (bicyclic) bond motifs is 3. The number of alkyl halides is 2. The molecule has 1 aromatic heterocycles. The van der Waals surface area contributed by atoms with Gasteiger partial charge in [0.05, 0.1) is 5.69 Å². The maximum Gasteiger partial charge on any atom is 0.260 e. The van der Waals surface area contributed by atoms with Gasteiger partial charge in [-0.2, -0.15) is 4.99 Å². The average molecular weight is 437 g/mol. The first-order valence-corrected chi connectivity index (χ1v) is 10.5. The number of nitrogens with zero attached hydrogens (tertiary/aromatic N) is 4. The van der Waals surface area contributed by atoms with E-state index in [1.807, 2.05) is 13.0 Å². The third-order valence-electron chi connectivity index (χ3n) is 6.00. The zero-order valence-electron chi connectivity index (χ0n) is 17.7. The second-order valence-corrected chi connectivity index (χ2v) is 8.22. The number of hydrogen-bond acceptors (Lipinski definition) is 5. The van der Waals surface area contributed by atoms with Gasteiger partial charge in [-0.05, 0) is 24.6 Å². The van der Waals surface area contributed by atoms with E-state index in [1.165, 1.54) is 0 Å². The number of ketones is 1. The van der Waals surface area contributed by atoms with Crippen LogP contribution in [0.5, 0.6) is 0 Å². The molecule has 1 aromatic rings. The number of anilines is 1. The molecular formula is C23H21F2N5O2. The lowest BCUT2D eigenvalue weighted by atomic mass is 9.98. The van der Waals surface area contributed by atoms with E-state index in [0.717, 1.165) is 33.8 Å². The van der Waals surface area contributed by atoms with Gasteiger partial charge in [0.2, 0.25) is 0 Å². The summed E-state index contributed by atoms with van der Waals surface area (Å²) >= 11 is 0. The molecule has 164 valence electrons. The Bertz CT molecular complexity index is 1310. The van der Waals surface area contributed by atoms with Gasteiger partial charge in [-0.15, -0.1) is 0 Å². The highest BCUT2D eigenvalue weighted by Crippen LogP contribution is 2.49. The van der Waals surface area contributed by atoms with Gasteiger partial charge in [-0.25, -0.2) is 13.8 Å². The fourth-order valence-electron chi connectivity index (χ4n) is 4.10. The molecule has 7 nitrogen and oxygen atoms in total. The van der Waals surface area contributed by atoms with Crippen molar-refractivity contribution < 1.29 is 18.4 Å². The van der Waals surface area contributed by atoms with Crippen molar-refractivity contribution in [1.29, 1.82) is 0 Å². The highest BCUT2D eigenvalue weighted by Gasteiger charge is 2.61.